The van der Waals surface area contributed by atoms with Gasteiger partial charge in [-0.25, -0.2) is 9.59 Å². The van der Waals surface area contributed by atoms with Crippen LogP contribution >= 0.6 is 0 Å². The zero-order valence-electron chi connectivity index (χ0n) is 11.4. The van der Waals surface area contributed by atoms with Gasteiger partial charge >= 0.3 is 12.0 Å². The number of carboxylic acids is 1. The van der Waals surface area contributed by atoms with Gasteiger partial charge in [0.2, 0.25) is 5.91 Å². The monoisotopic (exact) mass is 271 g/mol. The van der Waals surface area contributed by atoms with Crippen LogP contribution in [-0.4, -0.2) is 58.0 Å². The lowest BCUT2D eigenvalue weighted by atomic mass is 9.89. The molecule has 0 spiro atoms. The summed E-state index contributed by atoms with van der Waals surface area (Å²) in [6, 6.07) is -0.439. The van der Waals surface area contributed by atoms with Crippen molar-refractivity contribution in [3.63, 3.8) is 0 Å². The number of likely N-dealkylation sites (N-methyl/N-ethyl adjacent to an activating group) is 1. The molecule has 0 bridgehead atoms. The average molecular weight is 271 g/mol. The normalized spacial score (nSPS) is 22.9. The number of likely N-dealkylation sites (tertiary alicyclic amines) is 1. The van der Waals surface area contributed by atoms with Crippen molar-refractivity contribution in [3.8, 4) is 0 Å². The Morgan fingerprint density at radius 1 is 1.37 bits per heavy atom. The van der Waals surface area contributed by atoms with Crippen LogP contribution in [0.1, 0.15) is 33.1 Å². The van der Waals surface area contributed by atoms with E-state index in [9.17, 15) is 19.5 Å². The van der Waals surface area contributed by atoms with Crippen molar-refractivity contribution < 1.29 is 19.5 Å². The SMILES string of the molecule is CCN(CC(N)=O)C(=O)N1CCCCC1(C)C(=O)O. The van der Waals surface area contributed by atoms with Gasteiger partial charge in [0, 0.05) is 13.1 Å². The van der Waals surface area contributed by atoms with Gasteiger partial charge in [-0.1, -0.05) is 0 Å². The van der Waals surface area contributed by atoms with E-state index in [2.05, 4.69) is 0 Å². The summed E-state index contributed by atoms with van der Waals surface area (Å²) >= 11 is 0. The van der Waals surface area contributed by atoms with E-state index in [0.717, 1.165) is 12.8 Å². The molecule has 3 amide bonds. The van der Waals surface area contributed by atoms with Gasteiger partial charge in [-0.15, -0.1) is 0 Å². The maximum Gasteiger partial charge on any atom is 0.329 e. The second kappa shape index (κ2) is 5.90. The van der Waals surface area contributed by atoms with E-state index >= 15 is 0 Å². The molecule has 0 aromatic heterocycles. The number of carbonyl (C=O) groups excluding carboxylic acids is 2. The zero-order valence-corrected chi connectivity index (χ0v) is 11.4. The van der Waals surface area contributed by atoms with Crippen LogP contribution in [0, 0.1) is 0 Å². The molecule has 0 aromatic carbocycles. The fourth-order valence-electron chi connectivity index (χ4n) is 2.32. The molecule has 1 atom stereocenters. The number of amides is 3. The molecule has 7 heteroatoms. The molecule has 1 rings (SSSR count). The average Bonchev–Trinajstić information content (AvgIpc) is 2.35. The number of urea groups is 1. The molecule has 0 radical (unpaired) electrons. The van der Waals surface area contributed by atoms with Gasteiger partial charge < -0.3 is 20.6 Å². The standard InChI is InChI=1S/C12H21N3O4/c1-3-14(8-9(13)16)11(19)15-7-5-4-6-12(15,2)10(17)18/h3-8H2,1-2H3,(H2,13,16)(H,17,18). The van der Waals surface area contributed by atoms with Crippen LogP contribution in [0.2, 0.25) is 0 Å². The van der Waals surface area contributed by atoms with Crippen molar-refractivity contribution in [2.45, 2.75) is 38.6 Å². The third kappa shape index (κ3) is 3.15. The van der Waals surface area contributed by atoms with Crippen molar-refractivity contribution in [2.24, 2.45) is 5.73 Å². The number of aliphatic carboxylic acids is 1. The van der Waals surface area contributed by atoms with E-state index in [4.69, 9.17) is 5.73 Å². The van der Waals surface area contributed by atoms with E-state index in [1.54, 1.807) is 13.8 Å². The lowest BCUT2D eigenvalue weighted by molar-refractivity contribution is -0.150. The quantitative estimate of drug-likeness (QED) is 0.764. The first-order chi connectivity index (χ1) is 8.82. The largest absolute Gasteiger partial charge is 0.480 e. The minimum absolute atomic E-state index is 0.193. The van der Waals surface area contributed by atoms with Gasteiger partial charge in [0.05, 0.1) is 0 Å². The molecule has 1 heterocycles. The fourth-order valence-corrected chi connectivity index (χ4v) is 2.32. The Bertz CT molecular complexity index is 385. The van der Waals surface area contributed by atoms with Crippen molar-refractivity contribution in [2.75, 3.05) is 19.6 Å². The van der Waals surface area contributed by atoms with Crippen LogP contribution in [-0.2, 0) is 9.59 Å². The summed E-state index contributed by atoms with van der Waals surface area (Å²) < 4.78 is 0. The number of hydrogen-bond acceptors (Lipinski definition) is 3. The maximum atomic E-state index is 12.4. The summed E-state index contributed by atoms with van der Waals surface area (Å²) in [5, 5.41) is 9.35. The maximum absolute atomic E-state index is 12.4. The van der Waals surface area contributed by atoms with E-state index < -0.39 is 23.4 Å². The molecule has 0 saturated carbocycles. The third-order valence-corrected chi connectivity index (χ3v) is 3.58. The highest BCUT2D eigenvalue weighted by Crippen LogP contribution is 2.29. The number of nitrogens with two attached hydrogens (primary N) is 1. The van der Waals surface area contributed by atoms with Crippen LogP contribution in [0.3, 0.4) is 0 Å². The minimum atomic E-state index is -1.21. The molecular weight excluding hydrogens is 250 g/mol. The fraction of sp³-hybridized carbons (Fsp3) is 0.750. The predicted octanol–water partition coefficient (Wildman–Crippen LogP) is 0.243. The van der Waals surface area contributed by atoms with E-state index in [1.807, 2.05) is 0 Å². The summed E-state index contributed by atoms with van der Waals surface area (Å²) in [7, 11) is 0. The summed E-state index contributed by atoms with van der Waals surface area (Å²) in [6.45, 7) is 3.78. The summed E-state index contributed by atoms with van der Waals surface area (Å²) in [5.41, 5.74) is 3.89. The highest BCUT2D eigenvalue weighted by atomic mass is 16.4. The second-order valence-corrected chi connectivity index (χ2v) is 4.95. The van der Waals surface area contributed by atoms with Crippen molar-refractivity contribution in [1.82, 2.24) is 9.80 Å². The van der Waals surface area contributed by atoms with Gasteiger partial charge in [0.15, 0.2) is 0 Å². The van der Waals surface area contributed by atoms with Crippen molar-refractivity contribution >= 4 is 17.9 Å². The van der Waals surface area contributed by atoms with Crippen LogP contribution in [0.4, 0.5) is 4.79 Å². The Kier molecular flexibility index (Phi) is 4.74. The first-order valence-electron chi connectivity index (χ1n) is 6.41. The Labute approximate surface area is 112 Å². The van der Waals surface area contributed by atoms with Gasteiger partial charge in [0.25, 0.3) is 0 Å². The Morgan fingerprint density at radius 3 is 2.47 bits per heavy atom. The zero-order chi connectivity index (χ0) is 14.6. The first-order valence-corrected chi connectivity index (χ1v) is 6.41. The predicted molar refractivity (Wildman–Crippen MR) is 68.4 cm³/mol. The molecule has 1 aliphatic heterocycles. The number of carboxylic acid groups (broad SMARTS) is 1. The molecule has 7 nitrogen and oxygen atoms in total. The molecule has 3 N–H and O–H groups in total. The number of rotatable bonds is 4. The third-order valence-electron chi connectivity index (χ3n) is 3.58. The lowest BCUT2D eigenvalue weighted by Crippen LogP contribution is -2.61. The number of piperidine rings is 1. The molecule has 1 fully saturated rings. The van der Waals surface area contributed by atoms with E-state index in [1.165, 1.54) is 9.80 Å². The van der Waals surface area contributed by atoms with Crippen molar-refractivity contribution in [1.29, 1.82) is 0 Å². The summed E-state index contributed by atoms with van der Waals surface area (Å²) in [5.74, 6) is -1.63. The van der Waals surface area contributed by atoms with Crippen LogP contribution in [0.5, 0.6) is 0 Å². The van der Waals surface area contributed by atoms with Crippen molar-refractivity contribution in [3.05, 3.63) is 0 Å². The number of carbonyl (C=O) groups is 3. The number of primary amides is 1. The van der Waals surface area contributed by atoms with Gasteiger partial charge in [-0.05, 0) is 33.1 Å². The Balaban J connectivity index is 2.93. The van der Waals surface area contributed by atoms with E-state index in [-0.39, 0.29) is 6.54 Å². The van der Waals surface area contributed by atoms with Gasteiger partial charge in [-0.3, -0.25) is 4.79 Å². The summed E-state index contributed by atoms with van der Waals surface area (Å²) in [6.07, 6.45) is 1.96. The molecule has 0 aromatic rings. The molecule has 1 aliphatic rings. The number of hydrogen-bond donors (Lipinski definition) is 2. The molecule has 108 valence electrons. The highest BCUT2D eigenvalue weighted by molar-refractivity contribution is 5.88. The molecule has 1 saturated heterocycles. The topological polar surface area (TPSA) is 104 Å². The molecular formula is C12H21N3O4. The van der Waals surface area contributed by atoms with Crippen LogP contribution in [0.25, 0.3) is 0 Å². The van der Waals surface area contributed by atoms with Gasteiger partial charge in [-0.2, -0.15) is 0 Å². The van der Waals surface area contributed by atoms with Crippen LogP contribution < -0.4 is 5.73 Å². The first kappa shape index (κ1) is 15.3. The molecule has 0 aliphatic carbocycles. The molecule has 1 unspecified atom stereocenters. The smallest absolute Gasteiger partial charge is 0.329 e. The number of nitrogens with zero attached hydrogens (tertiary/aromatic N) is 2. The summed E-state index contributed by atoms with van der Waals surface area (Å²) in [4.78, 5) is 37.3. The highest BCUT2D eigenvalue weighted by Gasteiger charge is 2.45. The Hall–Kier alpha value is -1.79. The molecule has 19 heavy (non-hydrogen) atoms. The second-order valence-electron chi connectivity index (χ2n) is 4.95. The Morgan fingerprint density at radius 2 is 2.00 bits per heavy atom. The van der Waals surface area contributed by atoms with Gasteiger partial charge in [0.1, 0.15) is 12.1 Å². The lowest BCUT2D eigenvalue weighted by Gasteiger charge is -2.43. The van der Waals surface area contributed by atoms with Crippen LogP contribution in [0.15, 0.2) is 0 Å². The minimum Gasteiger partial charge on any atom is -0.480 e. The van der Waals surface area contributed by atoms with E-state index in [0.29, 0.717) is 19.5 Å².